The number of hydrogen-bond donors (Lipinski definition) is 0. The third-order valence-corrected chi connectivity index (χ3v) is 3.23. The Morgan fingerprint density at radius 1 is 1.57 bits per heavy atom. The number of rotatable bonds is 0. The molecule has 0 aromatic heterocycles. The van der Waals surface area contributed by atoms with E-state index < -0.39 is 0 Å². The predicted octanol–water partition coefficient (Wildman–Crippen LogP) is 2.11. The van der Waals surface area contributed by atoms with Gasteiger partial charge in [-0.3, -0.25) is 0 Å². The molecule has 0 fully saturated rings. The van der Waals surface area contributed by atoms with Crippen LogP contribution in [0.25, 0.3) is 0 Å². The summed E-state index contributed by atoms with van der Waals surface area (Å²) >= 11 is 0. The van der Waals surface area contributed by atoms with Gasteiger partial charge in [0.05, 0.1) is 12.0 Å². The number of likely N-dealkylation sites (N-methyl/N-ethyl adjacent to an activating group) is 1. The lowest BCUT2D eigenvalue weighted by molar-refractivity contribution is 0.315. The Kier molecular flexibility index (Phi) is 2.43. The van der Waals surface area contributed by atoms with E-state index in [9.17, 15) is 0 Å². The minimum Gasteiger partial charge on any atom is -0.300 e. The van der Waals surface area contributed by atoms with Crippen LogP contribution < -0.4 is 0 Å². The second-order valence-electron chi connectivity index (χ2n) is 4.31. The fourth-order valence-electron chi connectivity index (χ4n) is 2.46. The van der Waals surface area contributed by atoms with Crippen LogP contribution in [0.2, 0.25) is 0 Å². The van der Waals surface area contributed by atoms with Gasteiger partial charge in [-0.15, -0.1) is 0 Å². The van der Waals surface area contributed by atoms with Gasteiger partial charge in [-0.05, 0) is 38.0 Å². The largest absolute Gasteiger partial charge is 0.300 e. The van der Waals surface area contributed by atoms with Crippen LogP contribution in [0.5, 0.6) is 0 Å². The van der Waals surface area contributed by atoms with Gasteiger partial charge < -0.3 is 4.90 Å². The topological polar surface area (TPSA) is 27.0 Å². The molecular weight excluding hydrogens is 172 g/mol. The predicted molar refractivity (Wildman–Crippen MR) is 56.6 cm³/mol. The highest BCUT2D eigenvalue weighted by Gasteiger charge is 2.27. The fourth-order valence-corrected chi connectivity index (χ4v) is 2.46. The SMILES string of the molecule is CC1=CCCC2=C1CN(C)CC2C#N. The molecule has 2 aliphatic rings. The molecule has 0 spiro atoms. The van der Waals surface area contributed by atoms with Gasteiger partial charge in [-0.25, -0.2) is 0 Å². The van der Waals surface area contributed by atoms with Gasteiger partial charge in [0.25, 0.3) is 0 Å². The van der Waals surface area contributed by atoms with Gasteiger partial charge in [0.15, 0.2) is 0 Å². The summed E-state index contributed by atoms with van der Waals surface area (Å²) < 4.78 is 0. The molecule has 2 rings (SSSR count). The molecule has 1 aliphatic carbocycles. The monoisotopic (exact) mass is 188 g/mol. The summed E-state index contributed by atoms with van der Waals surface area (Å²) in [6.45, 7) is 4.10. The van der Waals surface area contributed by atoms with E-state index in [2.05, 4.69) is 31.0 Å². The quantitative estimate of drug-likeness (QED) is 0.582. The third kappa shape index (κ3) is 1.49. The summed E-state index contributed by atoms with van der Waals surface area (Å²) in [5.41, 5.74) is 4.22. The molecule has 0 radical (unpaired) electrons. The molecule has 14 heavy (non-hydrogen) atoms. The van der Waals surface area contributed by atoms with E-state index in [0.717, 1.165) is 25.9 Å². The molecule has 0 aromatic carbocycles. The van der Waals surface area contributed by atoms with E-state index in [-0.39, 0.29) is 5.92 Å². The van der Waals surface area contributed by atoms with Crippen molar-refractivity contribution >= 4 is 0 Å². The van der Waals surface area contributed by atoms with Crippen molar-refractivity contribution < 1.29 is 0 Å². The molecule has 2 heteroatoms. The van der Waals surface area contributed by atoms with Gasteiger partial charge in [0.1, 0.15) is 0 Å². The zero-order valence-corrected chi connectivity index (χ0v) is 8.88. The van der Waals surface area contributed by atoms with Gasteiger partial charge in [0.2, 0.25) is 0 Å². The molecule has 1 atom stereocenters. The van der Waals surface area contributed by atoms with Crippen LogP contribution in [0.1, 0.15) is 19.8 Å². The third-order valence-electron chi connectivity index (χ3n) is 3.23. The number of hydrogen-bond acceptors (Lipinski definition) is 2. The van der Waals surface area contributed by atoms with Crippen LogP contribution in [-0.4, -0.2) is 25.0 Å². The summed E-state index contributed by atoms with van der Waals surface area (Å²) in [7, 11) is 2.09. The highest BCUT2D eigenvalue weighted by atomic mass is 15.1. The van der Waals surface area contributed by atoms with E-state index in [1.54, 1.807) is 0 Å². The average Bonchev–Trinajstić information content (AvgIpc) is 2.18. The van der Waals surface area contributed by atoms with Crippen molar-refractivity contribution in [1.82, 2.24) is 4.90 Å². The van der Waals surface area contributed by atoms with Crippen molar-refractivity contribution in [2.24, 2.45) is 5.92 Å². The van der Waals surface area contributed by atoms with E-state index in [1.165, 1.54) is 16.7 Å². The van der Waals surface area contributed by atoms with Crippen molar-refractivity contribution in [2.75, 3.05) is 20.1 Å². The van der Waals surface area contributed by atoms with Crippen molar-refractivity contribution in [3.05, 3.63) is 22.8 Å². The molecular formula is C12H16N2. The highest BCUT2D eigenvalue weighted by molar-refractivity contribution is 5.42. The molecule has 2 nitrogen and oxygen atoms in total. The van der Waals surface area contributed by atoms with Crippen LogP contribution >= 0.6 is 0 Å². The Balaban J connectivity index is 2.38. The first-order valence-corrected chi connectivity index (χ1v) is 5.19. The lowest BCUT2D eigenvalue weighted by Gasteiger charge is -2.33. The van der Waals surface area contributed by atoms with E-state index in [4.69, 9.17) is 5.26 Å². The standard InChI is InChI=1S/C12H16N2/c1-9-4-3-5-11-10(6-13)7-14(2)8-12(9)11/h4,10H,3,5,7-8H2,1-2H3. The van der Waals surface area contributed by atoms with E-state index in [1.807, 2.05) is 0 Å². The van der Waals surface area contributed by atoms with E-state index in [0.29, 0.717) is 0 Å². The molecule has 0 saturated carbocycles. The van der Waals surface area contributed by atoms with Crippen LogP contribution in [0.3, 0.4) is 0 Å². The molecule has 0 saturated heterocycles. The summed E-state index contributed by atoms with van der Waals surface area (Å²) in [4.78, 5) is 2.25. The van der Waals surface area contributed by atoms with Gasteiger partial charge in [0, 0.05) is 13.1 Å². The van der Waals surface area contributed by atoms with E-state index >= 15 is 0 Å². The number of allylic oxidation sites excluding steroid dienone is 1. The zero-order valence-electron chi connectivity index (χ0n) is 8.88. The number of nitrogens with zero attached hydrogens (tertiary/aromatic N) is 2. The van der Waals surface area contributed by atoms with Crippen molar-refractivity contribution in [3.8, 4) is 6.07 Å². The Hall–Kier alpha value is -1.07. The van der Waals surface area contributed by atoms with Crippen LogP contribution in [-0.2, 0) is 0 Å². The first kappa shape index (κ1) is 9.48. The highest BCUT2D eigenvalue weighted by Crippen LogP contribution is 2.33. The molecule has 0 N–H and O–H groups in total. The Bertz CT molecular complexity index is 344. The molecule has 1 unspecified atom stereocenters. The minimum atomic E-state index is 0.132. The molecule has 1 heterocycles. The summed E-state index contributed by atoms with van der Waals surface area (Å²) in [6.07, 6.45) is 4.51. The normalized spacial score (nSPS) is 28.1. The maximum Gasteiger partial charge on any atom is 0.0806 e. The zero-order chi connectivity index (χ0) is 10.1. The molecule has 0 bridgehead atoms. The molecule has 0 amide bonds. The average molecular weight is 188 g/mol. The van der Waals surface area contributed by atoms with Gasteiger partial charge >= 0.3 is 0 Å². The second kappa shape index (κ2) is 3.59. The maximum atomic E-state index is 9.10. The van der Waals surface area contributed by atoms with Gasteiger partial charge in [-0.1, -0.05) is 11.6 Å². The lowest BCUT2D eigenvalue weighted by Crippen LogP contribution is -2.35. The van der Waals surface area contributed by atoms with Crippen LogP contribution in [0.4, 0.5) is 0 Å². The maximum absolute atomic E-state index is 9.10. The fraction of sp³-hybridized carbons (Fsp3) is 0.583. The smallest absolute Gasteiger partial charge is 0.0806 e. The minimum absolute atomic E-state index is 0.132. The van der Waals surface area contributed by atoms with Crippen LogP contribution in [0.15, 0.2) is 22.8 Å². The first-order chi connectivity index (χ1) is 6.72. The van der Waals surface area contributed by atoms with Gasteiger partial charge in [-0.2, -0.15) is 5.26 Å². The Morgan fingerprint density at radius 3 is 3.07 bits per heavy atom. The summed E-state index contributed by atoms with van der Waals surface area (Å²) in [5.74, 6) is 0.132. The first-order valence-electron chi connectivity index (χ1n) is 5.19. The van der Waals surface area contributed by atoms with Crippen molar-refractivity contribution in [3.63, 3.8) is 0 Å². The summed E-state index contributed by atoms with van der Waals surface area (Å²) in [6, 6.07) is 2.43. The molecule has 0 aromatic rings. The number of nitriles is 1. The Labute approximate surface area is 85.5 Å². The van der Waals surface area contributed by atoms with Crippen LogP contribution in [0, 0.1) is 17.2 Å². The second-order valence-corrected chi connectivity index (χ2v) is 4.31. The molecule has 74 valence electrons. The van der Waals surface area contributed by atoms with Crippen molar-refractivity contribution in [2.45, 2.75) is 19.8 Å². The molecule has 1 aliphatic heterocycles. The van der Waals surface area contributed by atoms with Crippen molar-refractivity contribution in [1.29, 1.82) is 5.26 Å². The Morgan fingerprint density at radius 2 is 2.36 bits per heavy atom. The summed E-state index contributed by atoms with van der Waals surface area (Å²) in [5, 5.41) is 9.10. The lowest BCUT2D eigenvalue weighted by atomic mass is 9.81.